The number of carbonyl (C=O) groups is 1. The zero-order valence-corrected chi connectivity index (χ0v) is 14.8. The summed E-state index contributed by atoms with van der Waals surface area (Å²) >= 11 is 0. The quantitative estimate of drug-likeness (QED) is 0.690. The minimum Gasteiger partial charge on any atom is -0.494 e. The van der Waals surface area contributed by atoms with Gasteiger partial charge in [0.2, 0.25) is 0 Å². The van der Waals surface area contributed by atoms with Crippen LogP contribution in [0, 0.1) is 6.92 Å². The Balaban J connectivity index is 1.77. The van der Waals surface area contributed by atoms with Gasteiger partial charge in [-0.25, -0.2) is 0 Å². The number of ether oxygens (including phenoxy) is 1. The van der Waals surface area contributed by atoms with E-state index in [2.05, 4.69) is 5.32 Å². The van der Waals surface area contributed by atoms with E-state index in [1.165, 1.54) is 0 Å². The number of hydrogen-bond donors (Lipinski definition) is 2. The summed E-state index contributed by atoms with van der Waals surface area (Å²) < 4.78 is 11.0. The summed E-state index contributed by atoms with van der Waals surface area (Å²) in [6.07, 6.45) is 0. The van der Waals surface area contributed by atoms with Crippen LogP contribution < -0.4 is 10.1 Å². The molecule has 0 saturated carbocycles. The molecule has 0 aliphatic rings. The van der Waals surface area contributed by atoms with Crippen molar-refractivity contribution in [2.75, 3.05) is 11.9 Å². The number of aliphatic hydroxyl groups is 1. The van der Waals surface area contributed by atoms with Crippen molar-refractivity contribution in [2.45, 2.75) is 20.5 Å². The minimum atomic E-state index is -0.195. The van der Waals surface area contributed by atoms with Crippen LogP contribution in [0.15, 0.2) is 59.0 Å². The van der Waals surface area contributed by atoms with Crippen LogP contribution in [0.5, 0.6) is 5.75 Å². The lowest BCUT2D eigenvalue weighted by Crippen LogP contribution is -2.12. The second-order valence-electron chi connectivity index (χ2n) is 5.87. The van der Waals surface area contributed by atoms with Crippen molar-refractivity contribution in [3.05, 3.63) is 71.5 Å². The molecule has 2 aromatic carbocycles. The average Bonchev–Trinajstić information content (AvgIpc) is 3.11. The van der Waals surface area contributed by atoms with Gasteiger partial charge in [-0.1, -0.05) is 6.07 Å². The third-order valence-corrected chi connectivity index (χ3v) is 3.97. The van der Waals surface area contributed by atoms with Crippen LogP contribution in [0.4, 0.5) is 5.69 Å². The first kappa shape index (κ1) is 17.8. The summed E-state index contributed by atoms with van der Waals surface area (Å²) in [5.41, 5.74) is 3.12. The fourth-order valence-corrected chi connectivity index (χ4v) is 2.72. The molecule has 3 rings (SSSR count). The number of furan rings is 1. The number of aryl methyl sites for hydroxylation is 1. The summed E-state index contributed by atoms with van der Waals surface area (Å²) in [6.45, 7) is 4.27. The van der Waals surface area contributed by atoms with Gasteiger partial charge in [0.05, 0.1) is 6.61 Å². The van der Waals surface area contributed by atoms with Gasteiger partial charge in [-0.05, 0) is 67.9 Å². The molecule has 1 amide bonds. The van der Waals surface area contributed by atoms with Gasteiger partial charge in [0.25, 0.3) is 5.91 Å². The molecule has 0 atom stereocenters. The van der Waals surface area contributed by atoms with Crippen LogP contribution in [0.2, 0.25) is 0 Å². The van der Waals surface area contributed by atoms with Gasteiger partial charge in [-0.3, -0.25) is 4.79 Å². The zero-order valence-electron chi connectivity index (χ0n) is 14.8. The number of benzene rings is 2. The minimum absolute atomic E-state index is 0.131. The van der Waals surface area contributed by atoms with Crippen molar-refractivity contribution in [2.24, 2.45) is 0 Å². The van der Waals surface area contributed by atoms with Crippen molar-refractivity contribution >= 4 is 11.6 Å². The van der Waals surface area contributed by atoms with E-state index in [0.717, 1.165) is 11.1 Å². The molecule has 0 bridgehead atoms. The molecule has 0 aliphatic carbocycles. The van der Waals surface area contributed by atoms with Gasteiger partial charge in [0, 0.05) is 16.8 Å². The fourth-order valence-electron chi connectivity index (χ4n) is 2.72. The predicted molar refractivity (Wildman–Crippen MR) is 100 cm³/mol. The maximum absolute atomic E-state index is 12.5. The highest BCUT2D eigenvalue weighted by atomic mass is 16.5. The number of carbonyl (C=O) groups excluding carboxylic acids is 1. The molecule has 0 radical (unpaired) electrons. The first-order valence-corrected chi connectivity index (χ1v) is 8.45. The molecule has 3 aromatic rings. The Morgan fingerprint density at radius 2 is 2.00 bits per heavy atom. The van der Waals surface area contributed by atoms with Gasteiger partial charge in [0.1, 0.15) is 23.9 Å². The van der Waals surface area contributed by atoms with Gasteiger partial charge >= 0.3 is 0 Å². The molecule has 0 unspecified atom stereocenters. The van der Waals surface area contributed by atoms with Crippen molar-refractivity contribution in [3.63, 3.8) is 0 Å². The van der Waals surface area contributed by atoms with Crippen LogP contribution in [0.3, 0.4) is 0 Å². The highest BCUT2D eigenvalue weighted by molar-refractivity contribution is 6.04. The predicted octanol–water partition coefficient (Wildman–Crippen LogP) is 4.40. The van der Waals surface area contributed by atoms with Crippen LogP contribution in [-0.4, -0.2) is 17.6 Å². The molecule has 0 saturated heterocycles. The maximum atomic E-state index is 12.5. The van der Waals surface area contributed by atoms with Crippen molar-refractivity contribution in [1.82, 2.24) is 0 Å². The van der Waals surface area contributed by atoms with Gasteiger partial charge in [0.15, 0.2) is 0 Å². The summed E-state index contributed by atoms with van der Waals surface area (Å²) in [5, 5.41) is 12.0. The molecule has 0 aliphatic heterocycles. The first-order chi connectivity index (χ1) is 12.6. The smallest absolute Gasteiger partial charge is 0.255 e. The number of aliphatic hydroxyl groups excluding tert-OH is 1. The van der Waals surface area contributed by atoms with Crippen LogP contribution in [0.1, 0.15) is 28.6 Å². The second-order valence-corrected chi connectivity index (χ2v) is 5.87. The van der Waals surface area contributed by atoms with E-state index >= 15 is 0 Å². The molecule has 0 spiro atoms. The summed E-state index contributed by atoms with van der Waals surface area (Å²) in [4.78, 5) is 12.5. The molecule has 0 fully saturated rings. The Morgan fingerprint density at radius 1 is 1.15 bits per heavy atom. The molecule has 26 heavy (non-hydrogen) atoms. The lowest BCUT2D eigenvalue weighted by molar-refractivity contribution is 0.102. The third kappa shape index (κ3) is 3.95. The summed E-state index contributed by atoms with van der Waals surface area (Å²) in [6, 6.07) is 16.3. The van der Waals surface area contributed by atoms with Crippen molar-refractivity contribution in [1.29, 1.82) is 0 Å². The highest BCUT2D eigenvalue weighted by Crippen LogP contribution is 2.28. The zero-order chi connectivity index (χ0) is 18.5. The van der Waals surface area contributed by atoms with E-state index in [-0.39, 0.29) is 12.5 Å². The van der Waals surface area contributed by atoms with E-state index in [1.54, 1.807) is 24.3 Å². The molecule has 2 N–H and O–H groups in total. The SMILES string of the molecule is CCOc1cccc(C(=O)Nc2ccc(-c3ccc(CO)o3)c(C)c2)c1. The number of anilines is 1. The normalized spacial score (nSPS) is 10.6. The summed E-state index contributed by atoms with van der Waals surface area (Å²) in [5.74, 6) is 1.68. The van der Waals surface area contributed by atoms with Crippen LogP contribution in [0.25, 0.3) is 11.3 Å². The average molecular weight is 351 g/mol. The lowest BCUT2D eigenvalue weighted by atomic mass is 10.1. The Kier molecular flexibility index (Phi) is 5.39. The largest absolute Gasteiger partial charge is 0.494 e. The number of rotatable bonds is 6. The molecule has 1 heterocycles. The third-order valence-electron chi connectivity index (χ3n) is 3.97. The monoisotopic (exact) mass is 351 g/mol. The second kappa shape index (κ2) is 7.89. The number of hydrogen-bond acceptors (Lipinski definition) is 4. The Bertz CT molecular complexity index is 914. The van der Waals surface area contributed by atoms with E-state index in [0.29, 0.717) is 35.1 Å². The molecular weight excluding hydrogens is 330 g/mol. The topological polar surface area (TPSA) is 71.7 Å². The molecular formula is C21H21NO4. The standard InChI is InChI=1S/C21H21NO4/c1-3-25-17-6-4-5-15(12-17)21(24)22-16-7-9-19(14(2)11-16)20-10-8-18(13-23)26-20/h4-12,23H,3,13H2,1-2H3,(H,22,24). The molecule has 134 valence electrons. The summed E-state index contributed by atoms with van der Waals surface area (Å²) in [7, 11) is 0. The van der Waals surface area contributed by atoms with Gasteiger partial charge in [-0.2, -0.15) is 0 Å². The fraction of sp³-hybridized carbons (Fsp3) is 0.190. The lowest BCUT2D eigenvalue weighted by Gasteiger charge is -2.10. The van der Waals surface area contributed by atoms with Gasteiger partial charge in [-0.15, -0.1) is 0 Å². The number of amides is 1. The van der Waals surface area contributed by atoms with E-state index < -0.39 is 0 Å². The van der Waals surface area contributed by atoms with Crippen molar-refractivity contribution < 1.29 is 19.1 Å². The maximum Gasteiger partial charge on any atom is 0.255 e. The Labute approximate surface area is 152 Å². The van der Waals surface area contributed by atoms with Gasteiger partial charge < -0.3 is 19.6 Å². The molecule has 5 heteroatoms. The van der Waals surface area contributed by atoms with E-state index in [1.807, 2.05) is 44.2 Å². The van der Waals surface area contributed by atoms with Crippen LogP contribution >= 0.6 is 0 Å². The van der Waals surface area contributed by atoms with Crippen molar-refractivity contribution in [3.8, 4) is 17.1 Å². The van der Waals surface area contributed by atoms with E-state index in [9.17, 15) is 4.79 Å². The van der Waals surface area contributed by atoms with E-state index in [4.69, 9.17) is 14.3 Å². The Hall–Kier alpha value is -3.05. The first-order valence-electron chi connectivity index (χ1n) is 8.45. The Morgan fingerprint density at radius 3 is 2.69 bits per heavy atom. The number of nitrogens with one attached hydrogen (secondary N) is 1. The van der Waals surface area contributed by atoms with Crippen LogP contribution in [-0.2, 0) is 6.61 Å². The highest BCUT2D eigenvalue weighted by Gasteiger charge is 2.11. The molecule has 1 aromatic heterocycles. The molecule has 5 nitrogen and oxygen atoms in total.